The van der Waals surface area contributed by atoms with Crippen LogP contribution in [0.2, 0.25) is 0 Å². The number of halogens is 2. The second-order valence-electron chi connectivity index (χ2n) is 3.90. The van der Waals surface area contributed by atoms with Gasteiger partial charge in [-0.2, -0.15) is 0 Å². The van der Waals surface area contributed by atoms with E-state index >= 15 is 0 Å². The molecule has 0 bridgehead atoms. The molecule has 0 heterocycles. The van der Waals surface area contributed by atoms with Gasteiger partial charge in [0.15, 0.2) is 0 Å². The van der Waals surface area contributed by atoms with Crippen LogP contribution in [0.15, 0.2) is 46.9 Å². The number of rotatable bonds is 5. The molecule has 2 aromatic carbocycles. The van der Waals surface area contributed by atoms with Gasteiger partial charge in [-0.15, -0.1) is 0 Å². The van der Waals surface area contributed by atoms with Gasteiger partial charge in [-0.05, 0) is 64.8 Å². The van der Waals surface area contributed by atoms with E-state index in [1.807, 2.05) is 49.4 Å². The highest BCUT2D eigenvalue weighted by Crippen LogP contribution is 2.31. The quantitative estimate of drug-likeness (QED) is 0.629. The summed E-state index contributed by atoms with van der Waals surface area (Å²) < 4.78 is 12.2. The van der Waals surface area contributed by atoms with Crippen molar-refractivity contribution in [1.29, 1.82) is 0 Å². The molecular weight excluding hydrogens is 372 g/mol. The molecule has 0 aromatic heterocycles. The van der Waals surface area contributed by atoms with Crippen LogP contribution in [0, 0.1) is 0 Å². The highest BCUT2D eigenvalue weighted by atomic mass is 79.9. The summed E-state index contributed by atoms with van der Waals surface area (Å²) in [6.45, 7) is 2.63. The normalized spacial score (nSPS) is 10.3. The molecule has 0 spiro atoms. The van der Waals surface area contributed by atoms with E-state index < -0.39 is 0 Å². The maximum Gasteiger partial charge on any atom is 0.141 e. The summed E-state index contributed by atoms with van der Waals surface area (Å²) in [5.74, 6) is 2.44. The van der Waals surface area contributed by atoms with E-state index in [1.54, 1.807) is 0 Å². The Morgan fingerprint density at radius 1 is 1.00 bits per heavy atom. The van der Waals surface area contributed by atoms with Crippen molar-refractivity contribution in [3.05, 3.63) is 52.5 Å². The van der Waals surface area contributed by atoms with Gasteiger partial charge in [0.1, 0.15) is 17.2 Å². The molecule has 0 unspecified atom stereocenters. The molecule has 2 nitrogen and oxygen atoms in total. The predicted molar refractivity (Wildman–Crippen MR) is 84.5 cm³/mol. The van der Waals surface area contributed by atoms with E-state index in [2.05, 4.69) is 31.9 Å². The first-order valence-corrected chi connectivity index (χ1v) is 7.89. The molecule has 0 atom stereocenters. The fraction of sp³-hybridized carbons (Fsp3) is 0.200. The molecule has 2 rings (SSSR count). The van der Waals surface area contributed by atoms with Gasteiger partial charge in [-0.25, -0.2) is 0 Å². The summed E-state index contributed by atoms with van der Waals surface area (Å²) in [7, 11) is 0. The lowest BCUT2D eigenvalue weighted by Crippen LogP contribution is -1.91. The highest BCUT2D eigenvalue weighted by Gasteiger charge is 2.04. The standard InChI is InChI=1S/C15H14Br2O2/c1-2-18-12-4-6-13(7-5-12)19-15-8-3-11(10-16)9-14(15)17/h3-9H,2,10H2,1H3. The van der Waals surface area contributed by atoms with Crippen molar-refractivity contribution >= 4 is 31.9 Å². The Kier molecular flexibility index (Phi) is 5.28. The third kappa shape index (κ3) is 3.98. The summed E-state index contributed by atoms with van der Waals surface area (Å²) in [6.07, 6.45) is 0. The van der Waals surface area contributed by atoms with Crippen molar-refractivity contribution in [2.24, 2.45) is 0 Å². The Balaban J connectivity index is 2.12. The number of alkyl halides is 1. The van der Waals surface area contributed by atoms with Gasteiger partial charge < -0.3 is 9.47 Å². The van der Waals surface area contributed by atoms with E-state index in [-0.39, 0.29) is 0 Å². The third-order valence-corrected chi connectivity index (χ3v) is 3.78. The van der Waals surface area contributed by atoms with Gasteiger partial charge in [0.2, 0.25) is 0 Å². The maximum absolute atomic E-state index is 5.82. The van der Waals surface area contributed by atoms with E-state index in [4.69, 9.17) is 9.47 Å². The fourth-order valence-electron chi connectivity index (χ4n) is 1.61. The Morgan fingerprint density at radius 3 is 2.26 bits per heavy atom. The first-order chi connectivity index (χ1) is 9.22. The molecule has 0 aliphatic heterocycles. The van der Waals surface area contributed by atoms with Crippen LogP contribution in [-0.2, 0) is 5.33 Å². The first-order valence-electron chi connectivity index (χ1n) is 5.98. The van der Waals surface area contributed by atoms with Crippen molar-refractivity contribution in [3.8, 4) is 17.2 Å². The Labute approximate surface area is 130 Å². The van der Waals surface area contributed by atoms with Crippen molar-refractivity contribution in [2.45, 2.75) is 12.3 Å². The maximum atomic E-state index is 5.82. The largest absolute Gasteiger partial charge is 0.494 e. The fourth-order valence-corrected chi connectivity index (χ4v) is 2.46. The average molecular weight is 386 g/mol. The zero-order valence-corrected chi connectivity index (χ0v) is 13.7. The van der Waals surface area contributed by atoms with Crippen molar-refractivity contribution < 1.29 is 9.47 Å². The minimum Gasteiger partial charge on any atom is -0.494 e. The predicted octanol–water partition coefficient (Wildman–Crippen LogP) is 5.54. The van der Waals surface area contributed by atoms with Crippen LogP contribution >= 0.6 is 31.9 Å². The lowest BCUT2D eigenvalue weighted by molar-refractivity contribution is 0.339. The van der Waals surface area contributed by atoms with Gasteiger partial charge in [0.05, 0.1) is 11.1 Å². The minimum absolute atomic E-state index is 0.666. The number of benzene rings is 2. The van der Waals surface area contributed by atoms with Gasteiger partial charge in [0, 0.05) is 5.33 Å². The molecule has 0 saturated heterocycles. The molecule has 0 radical (unpaired) electrons. The van der Waals surface area contributed by atoms with E-state index in [0.717, 1.165) is 27.1 Å². The smallest absolute Gasteiger partial charge is 0.141 e. The molecule has 0 amide bonds. The lowest BCUT2D eigenvalue weighted by Gasteiger charge is -2.09. The van der Waals surface area contributed by atoms with E-state index in [1.165, 1.54) is 5.56 Å². The monoisotopic (exact) mass is 384 g/mol. The van der Waals surface area contributed by atoms with Crippen molar-refractivity contribution in [1.82, 2.24) is 0 Å². The molecule has 100 valence electrons. The topological polar surface area (TPSA) is 18.5 Å². The second-order valence-corrected chi connectivity index (χ2v) is 5.32. The highest BCUT2D eigenvalue weighted by molar-refractivity contribution is 9.10. The van der Waals surface area contributed by atoms with Crippen LogP contribution in [-0.4, -0.2) is 6.61 Å². The van der Waals surface area contributed by atoms with Crippen LogP contribution in [0.1, 0.15) is 12.5 Å². The molecule has 4 heteroatoms. The summed E-state index contributed by atoms with van der Waals surface area (Å²) in [4.78, 5) is 0. The zero-order chi connectivity index (χ0) is 13.7. The molecule has 2 aromatic rings. The minimum atomic E-state index is 0.666. The molecular formula is C15H14Br2O2. The third-order valence-electron chi connectivity index (χ3n) is 2.51. The zero-order valence-electron chi connectivity index (χ0n) is 10.5. The molecule has 0 aliphatic rings. The van der Waals surface area contributed by atoms with Crippen molar-refractivity contribution in [2.75, 3.05) is 6.61 Å². The SMILES string of the molecule is CCOc1ccc(Oc2ccc(CBr)cc2Br)cc1. The number of hydrogen-bond acceptors (Lipinski definition) is 2. The van der Waals surface area contributed by atoms with Gasteiger partial charge in [-0.3, -0.25) is 0 Å². The van der Waals surface area contributed by atoms with Crippen molar-refractivity contribution in [3.63, 3.8) is 0 Å². The lowest BCUT2D eigenvalue weighted by atomic mass is 10.2. The summed E-state index contributed by atoms with van der Waals surface area (Å²) >= 11 is 6.94. The van der Waals surface area contributed by atoms with E-state index in [9.17, 15) is 0 Å². The molecule has 0 aliphatic carbocycles. The Hall–Kier alpha value is -1.000. The van der Waals surface area contributed by atoms with Gasteiger partial charge in [-0.1, -0.05) is 22.0 Å². The van der Waals surface area contributed by atoms with E-state index in [0.29, 0.717) is 6.61 Å². The summed E-state index contributed by atoms with van der Waals surface area (Å²) in [5, 5.41) is 0.828. The number of ether oxygens (including phenoxy) is 2. The van der Waals surface area contributed by atoms with Crippen LogP contribution in [0.25, 0.3) is 0 Å². The van der Waals surface area contributed by atoms with Gasteiger partial charge in [0.25, 0.3) is 0 Å². The average Bonchev–Trinajstić information content (AvgIpc) is 2.43. The Morgan fingerprint density at radius 2 is 1.68 bits per heavy atom. The van der Waals surface area contributed by atoms with Crippen LogP contribution in [0.3, 0.4) is 0 Å². The second kappa shape index (κ2) is 6.96. The molecule has 19 heavy (non-hydrogen) atoms. The first kappa shape index (κ1) is 14.4. The van der Waals surface area contributed by atoms with Crippen LogP contribution in [0.4, 0.5) is 0 Å². The summed E-state index contributed by atoms with van der Waals surface area (Å²) in [5.41, 5.74) is 1.20. The molecule has 0 fully saturated rings. The molecule has 0 saturated carbocycles. The summed E-state index contributed by atoms with van der Waals surface area (Å²) in [6, 6.07) is 13.6. The number of hydrogen-bond donors (Lipinski definition) is 0. The van der Waals surface area contributed by atoms with Gasteiger partial charge >= 0.3 is 0 Å². The Bertz CT molecular complexity index is 538. The van der Waals surface area contributed by atoms with Crippen LogP contribution in [0.5, 0.6) is 17.2 Å². The van der Waals surface area contributed by atoms with Crippen LogP contribution < -0.4 is 9.47 Å². The molecule has 0 N–H and O–H groups in total.